The van der Waals surface area contributed by atoms with Crippen molar-refractivity contribution in [3.05, 3.63) is 23.8 Å². The lowest BCUT2D eigenvalue weighted by atomic mass is 10.1. The third kappa shape index (κ3) is 3.75. The molecule has 0 atom stereocenters. The van der Waals surface area contributed by atoms with Crippen LogP contribution < -0.4 is 4.74 Å². The maximum atomic E-state index is 12.7. The standard InChI is InChI=1S/C15H23NO4S/c1-20-15-8-7-14(11-13(15)12-17)21(18,19)16-9-5-3-2-4-6-10-16/h7-8,11,17H,2-6,9-10,12H2,1H3. The highest BCUT2D eigenvalue weighted by Crippen LogP contribution is 2.25. The van der Waals surface area contributed by atoms with Crippen LogP contribution in [-0.2, 0) is 16.6 Å². The fraction of sp³-hybridized carbons (Fsp3) is 0.600. The number of rotatable bonds is 4. The number of hydrogen-bond donors (Lipinski definition) is 1. The lowest BCUT2D eigenvalue weighted by Gasteiger charge is -2.24. The van der Waals surface area contributed by atoms with Gasteiger partial charge in [-0.3, -0.25) is 0 Å². The molecule has 1 N–H and O–H groups in total. The summed E-state index contributed by atoms with van der Waals surface area (Å²) in [6.45, 7) is 0.901. The van der Waals surface area contributed by atoms with Crippen molar-refractivity contribution in [1.29, 1.82) is 0 Å². The zero-order valence-corrected chi connectivity index (χ0v) is 13.2. The van der Waals surface area contributed by atoms with E-state index in [1.807, 2.05) is 0 Å². The second-order valence-electron chi connectivity index (χ2n) is 5.30. The third-order valence-corrected chi connectivity index (χ3v) is 5.77. The summed E-state index contributed by atoms with van der Waals surface area (Å²) in [5, 5.41) is 9.34. The van der Waals surface area contributed by atoms with Gasteiger partial charge in [-0.05, 0) is 31.0 Å². The Kier molecular flexibility index (Phi) is 5.61. The van der Waals surface area contributed by atoms with Gasteiger partial charge in [-0.2, -0.15) is 4.31 Å². The number of ether oxygens (including phenoxy) is 1. The van der Waals surface area contributed by atoms with Crippen LogP contribution in [0, 0.1) is 0 Å². The van der Waals surface area contributed by atoms with Crippen molar-refractivity contribution in [2.24, 2.45) is 0 Å². The van der Waals surface area contributed by atoms with Crippen molar-refractivity contribution in [1.82, 2.24) is 4.31 Å². The molecule has 1 aromatic rings. The summed E-state index contributed by atoms with van der Waals surface area (Å²) in [7, 11) is -1.99. The van der Waals surface area contributed by atoms with Crippen LogP contribution in [0.5, 0.6) is 5.75 Å². The van der Waals surface area contributed by atoms with Gasteiger partial charge < -0.3 is 9.84 Å². The van der Waals surface area contributed by atoms with E-state index in [0.717, 1.165) is 25.7 Å². The Balaban J connectivity index is 2.29. The molecule has 21 heavy (non-hydrogen) atoms. The summed E-state index contributed by atoms with van der Waals surface area (Å²) >= 11 is 0. The number of benzene rings is 1. The van der Waals surface area contributed by atoms with Crippen LogP contribution in [-0.4, -0.2) is 38.0 Å². The molecule has 0 spiro atoms. The molecule has 0 bridgehead atoms. The van der Waals surface area contributed by atoms with Crippen LogP contribution in [0.25, 0.3) is 0 Å². The molecule has 1 saturated heterocycles. The summed E-state index contributed by atoms with van der Waals surface area (Å²) < 4.78 is 32.1. The predicted octanol–water partition coefficient (Wildman–Crippen LogP) is 2.14. The summed E-state index contributed by atoms with van der Waals surface area (Å²) in [4.78, 5) is 0.230. The molecule has 1 fully saturated rings. The topological polar surface area (TPSA) is 66.8 Å². The summed E-state index contributed by atoms with van der Waals surface area (Å²) in [6.07, 6.45) is 5.16. The smallest absolute Gasteiger partial charge is 0.243 e. The van der Waals surface area contributed by atoms with Crippen LogP contribution in [0.4, 0.5) is 0 Å². The van der Waals surface area contributed by atoms with Gasteiger partial charge in [0, 0.05) is 18.7 Å². The van der Waals surface area contributed by atoms with E-state index in [4.69, 9.17) is 4.74 Å². The van der Waals surface area contributed by atoms with Crippen LogP contribution in [0.2, 0.25) is 0 Å². The van der Waals surface area contributed by atoms with Gasteiger partial charge in [-0.25, -0.2) is 8.42 Å². The largest absolute Gasteiger partial charge is 0.496 e. The monoisotopic (exact) mass is 313 g/mol. The van der Waals surface area contributed by atoms with Crippen molar-refractivity contribution in [3.8, 4) is 5.75 Å². The highest BCUT2D eigenvalue weighted by atomic mass is 32.2. The average molecular weight is 313 g/mol. The number of sulfonamides is 1. The molecule has 0 unspecified atom stereocenters. The molecule has 5 nitrogen and oxygen atoms in total. The van der Waals surface area contributed by atoms with E-state index in [-0.39, 0.29) is 11.5 Å². The lowest BCUT2D eigenvalue weighted by molar-refractivity contribution is 0.273. The van der Waals surface area contributed by atoms with Crippen molar-refractivity contribution in [3.63, 3.8) is 0 Å². The van der Waals surface area contributed by atoms with E-state index in [0.29, 0.717) is 24.4 Å². The number of aliphatic hydroxyl groups is 1. The van der Waals surface area contributed by atoms with Gasteiger partial charge in [-0.15, -0.1) is 0 Å². The van der Waals surface area contributed by atoms with Crippen LogP contribution in [0.15, 0.2) is 23.1 Å². The average Bonchev–Trinajstić information content (AvgIpc) is 2.45. The highest BCUT2D eigenvalue weighted by molar-refractivity contribution is 7.89. The molecule has 0 saturated carbocycles. The predicted molar refractivity (Wildman–Crippen MR) is 80.8 cm³/mol. The fourth-order valence-electron chi connectivity index (χ4n) is 2.65. The van der Waals surface area contributed by atoms with Gasteiger partial charge >= 0.3 is 0 Å². The Morgan fingerprint density at radius 2 is 1.76 bits per heavy atom. The van der Waals surface area contributed by atoms with Crippen LogP contribution in [0.3, 0.4) is 0 Å². The Labute approximate surface area is 126 Å². The Morgan fingerprint density at radius 3 is 2.33 bits per heavy atom. The quantitative estimate of drug-likeness (QED) is 0.925. The minimum Gasteiger partial charge on any atom is -0.496 e. The molecule has 2 rings (SSSR count). The van der Waals surface area contributed by atoms with Crippen molar-refractivity contribution < 1.29 is 18.3 Å². The maximum absolute atomic E-state index is 12.7. The van der Waals surface area contributed by atoms with E-state index < -0.39 is 10.0 Å². The molecule has 1 heterocycles. The molecular formula is C15H23NO4S. The lowest BCUT2D eigenvalue weighted by Crippen LogP contribution is -2.33. The molecular weight excluding hydrogens is 290 g/mol. The zero-order valence-electron chi connectivity index (χ0n) is 12.4. The molecule has 1 aromatic carbocycles. The molecule has 1 aliphatic rings. The van der Waals surface area contributed by atoms with Gasteiger partial charge in [-0.1, -0.05) is 19.3 Å². The first-order chi connectivity index (χ1) is 10.1. The van der Waals surface area contributed by atoms with Crippen LogP contribution in [0.1, 0.15) is 37.7 Å². The summed E-state index contributed by atoms with van der Waals surface area (Å²) in [5.41, 5.74) is 0.491. The van der Waals surface area contributed by atoms with Crippen molar-refractivity contribution in [2.75, 3.05) is 20.2 Å². The Hall–Kier alpha value is -1.11. The summed E-state index contributed by atoms with van der Waals surface area (Å²) in [6, 6.07) is 4.65. The normalized spacial score (nSPS) is 18.0. The molecule has 0 amide bonds. The first-order valence-electron chi connectivity index (χ1n) is 7.37. The van der Waals surface area contributed by atoms with E-state index in [1.54, 1.807) is 16.4 Å². The van der Waals surface area contributed by atoms with Crippen molar-refractivity contribution >= 4 is 10.0 Å². The Bertz CT molecular complexity index is 563. The Morgan fingerprint density at radius 1 is 1.14 bits per heavy atom. The third-order valence-electron chi connectivity index (χ3n) is 3.88. The van der Waals surface area contributed by atoms with Gasteiger partial charge in [0.05, 0.1) is 18.6 Å². The first kappa shape index (κ1) is 16.3. The van der Waals surface area contributed by atoms with E-state index >= 15 is 0 Å². The van der Waals surface area contributed by atoms with Gasteiger partial charge in [0.15, 0.2) is 0 Å². The second kappa shape index (κ2) is 7.24. The van der Waals surface area contributed by atoms with Gasteiger partial charge in [0.25, 0.3) is 0 Å². The van der Waals surface area contributed by atoms with Crippen LogP contribution >= 0.6 is 0 Å². The molecule has 0 radical (unpaired) electrons. The van der Waals surface area contributed by atoms with E-state index in [1.165, 1.54) is 19.6 Å². The number of hydrogen-bond acceptors (Lipinski definition) is 4. The number of nitrogens with zero attached hydrogens (tertiary/aromatic N) is 1. The number of methoxy groups -OCH3 is 1. The number of aliphatic hydroxyl groups excluding tert-OH is 1. The first-order valence-corrected chi connectivity index (χ1v) is 8.81. The van der Waals surface area contributed by atoms with Crippen molar-refractivity contribution in [2.45, 2.75) is 43.6 Å². The minimum atomic E-state index is -3.49. The molecule has 0 aliphatic carbocycles. The molecule has 1 aliphatic heterocycles. The molecule has 118 valence electrons. The van der Waals surface area contributed by atoms with Gasteiger partial charge in [0.1, 0.15) is 5.75 Å². The maximum Gasteiger partial charge on any atom is 0.243 e. The highest BCUT2D eigenvalue weighted by Gasteiger charge is 2.25. The zero-order chi connectivity index (χ0) is 15.3. The fourth-order valence-corrected chi connectivity index (χ4v) is 4.22. The SMILES string of the molecule is COc1ccc(S(=O)(=O)N2CCCCCCC2)cc1CO. The van der Waals surface area contributed by atoms with E-state index in [2.05, 4.69) is 0 Å². The molecule has 6 heteroatoms. The van der Waals surface area contributed by atoms with Gasteiger partial charge in [0.2, 0.25) is 10.0 Å². The molecule has 0 aromatic heterocycles. The summed E-state index contributed by atoms with van der Waals surface area (Å²) in [5.74, 6) is 0.504. The van der Waals surface area contributed by atoms with E-state index in [9.17, 15) is 13.5 Å². The second-order valence-corrected chi connectivity index (χ2v) is 7.24. The minimum absolute atomic E-state index is 0.230.